The third-order valence-corrected chi connectivity index (χ3v) is 5.18. The Morgan fingerprint density at radius 3 is 2.38 bits per heavy atom. The van der Waals surface area contributed by atoms with Crippen molar-refractivity contribution < 1.29 is 4.79 Å². The van der Waals surface area contributed by atoms with Crippen molar-refractivity contribution in [3.8, 4) is 11.1 Å². The molecule has 4 aromatic rings. The van der Waals surface area contributed by atoms with Crippen LogP contribution in [0.5, 0.6) is 0 Å². The standard InChI is InChI=1S/C26H24N2O/c1-18-11-14-23(27-26(29)22-9-6-10-24(16-22)28(2)3)17-25(18)21-13-12-19-7-4-5-8-20(19)15-21/h4-17H,1-3H3,(H,27,29). The second kappa shape index (κ2) is 7.80. The van der Waals surface area contributed by atoms with Gasteiger partial charge in [0, 0.05) is 31.0 Å². The van der Waals surface area contributed by atoms with E-state index < -0.39 is 0 Å². The van der Waals surface area contributed by atoms with Crippen LogP contribution in [0.15, 0.2) is 84.9 Å². The first-order chi connectivity index (χ1) is 14.0. The van der Waals surface area contributed by atoms with Gasteiger partial charge in [0.05, 0.1) is 0 Å². The van der Waals surface area contributed by atoms with Crippen molar-refractivity contribution in [2.45, 2.75) is 6.92 Å². The molecular formula is C26H24N2O. The van der Waals surface area contributed by atoms with Crippen LogP contribution in [0, 0.1) is 6.92 Å². The fraction of sp³-hybridized carbons (Fsp3) is 0.115. The number of hydrogen-bond donors (Lipinski definition) is 1. The maximum Gasteiger partial charge on any atom is 0.255 e. The highest BCUT2D eigenvalue weighted by atomic mass is 16.1. The normalized spacial score (nSPS) is 10.7. The summed E-state index contributed by atoms with van der Waals surface area (Å²) >= 11 is 0. The number of fused-ring (bicyclic) bond motifs is 1. The number of nitrogens with one attached hydrogen (secondary N) is 1. The van der Waals surface area contributed by atoms with E-state index in [1.165, 1.54) is 16.3 Å². The number of hydrogen-bond acceptors (Lipinski definition) is 2. The van der Waals surface area contributed by atoms with Crippen molar-refractivity contribution in [1.82, 2.24) is 0 Å². The van der Waals surface area contributed by atoms with Crippen LogP contribution in [0.4, 0.5) is 11.4 Å². The Bertz CT molecular complexity index is 1190. The molecule has 0 aliphatic carbocycles. The van der Waals surface area contributed by atoms with Crippen LogP contribution in [0.25, 0.3) is 21.9 Å². The molecule has 0 aromatic heterocycles. The molecule has 0 radical (unpaired) electrons. The van der Waals surface area contributed by atoms with Crippen LogP contribution >= 0.6 is 0 Å². The SMILES string of the molecule is Cc1ccc(NC(=O)c2cccc(N(C)C)c2)cc1-c1ccc2ccccc2c1. The average Bonchev–Trinajstić information content (AvgIpc) is 2.74. The minimum absolute atomic E-state index is 0.109. The molecule has 0 aliphatic rings. The summed E-state index contributed by atoms with van der Waals surface area (Å²) in [6.45, 7) is 2.09. The average molecular weight is 380 g/mol. The Labute approximate surface area is 171 Å². The van der Waals surface area contributed by atoms with Gasteiger partial charge in [-0.2, -0.15) is 0 Å². The minimum atomic E-state index is -0.109. The summed E-state index contributed by atoms with van der Waals surface area (Å²) in [5, 5.41) is 5.47. The smallest absolute Gasteiger partial charge is 0.255 e. The largest absolute Gasteiger partial charge is 0.378 e. The monoisotopic (exact) mass is 380 g/mol. The number of aryl methyl sites for hydroxylation is 1. The highest BCUT2D eigenvalue weighted by Crippen LogP contribution is 2.29. The zero-order valence-corrected chi connectivity index (χ0v) is 16.9. The van der Waals surface area contributed by atoms with Crippen LogP contribution in [0.2, 0.25) is 0 Å². The molecule has 0 spiro atoms. The lowest BCUT2D eigenvalue weighted by Crippen LogP contribution is -2.14. The highest BCUT2D eigenvalue weighted by molar-refractivity contribution is 6.05. The van der Waals surface area contributed by atoms with Gasteiger partial charge in [0.15, 0.2) is 0 Å². The van der Waals surface area contributed by atoms with E-state index in [1.54, 1.807) is 0 Å². The maximum absolute atomic E-state index is 12.8. The molecule has 0 bridgehead atoms. The lowest BCUT2D eigenvalue weighted by atomic mass is 9.97. The first-order valence-corrected chi connectivity index (χ1v) is 9.70. The molecule has 0 saturated heterocycles. The van der Waals surface area contributed by atoms with Gasteiger partial charge >= 0.3 is 0 Å². The van der Waals surface area contributed by atoms with Gasteiger partial charge in [0.2, 0.25) is 0 Å². The minimum Gasteiger partial charge on any atom is -0.378 e. The molecule has 1 amide bonds. The number of carbonyl (C=O) groups is 1. The molecule has 1 N–H and O–H groups in total. The lowest BCUT2D eigenvalue weighted by molar-refractivity contribution is 0.102. The van der Waals surface area contributed by atoms with Crippen LogP contribution in [0.3, 0.4) is 0 Å². The summed E-state index contributed by atoms with van der Waals surface area (Å²) in [6, 6.07) is 28.5. The summed E-state index contributed by atoms with van der Waals surface area (Å²) in [7, 11) is 3.93. The number of nitrogens with zero attached hydrogens (tertiary/aromatic N) is 1. The second-order valence-corrected chi connectivity index (χ2v) is 7.49. The van der Waals surface area contributed by atoms with Gasteiger partial charge in [0.25, 0.3) is 5.91 Å². The molecule has 4 aromatic carbocycles. The van der Waals surface area contributed by atoms with E-state index in [2.05, 4.69) is 60.8 Å². The topological polar surface area (TPSA) is 32.3 Å². The fourth-order valence-electron chi connectivity index (χ4n) is 3.50. The van der Waals surface area contributed by atoms with E-state index in [0.717, 1.165) is 22.5 Å². The Kier molecular flexibility index (Phi) is 5.05. The predicted molar refractivity (Wildman–Crippen MR) is 123 cm³/mol. The van der Waals surface area contributed by atoms with Gasteiger partial charge in [-0.1, -0.05) is 48.5 Å². The molecule has 144 valence electrons. The van der Waals surface area contributed by atoms with E-state index in [1.807, 2.05) is 55.4 Å². The molecule has 3 nitrogen and oxygen atoms in total. The number of amides is 1. The van der Waals surface area contributed by atoms with Gasteiger partial charge in [0.1, 0.15) is 0 Å². The molecule has 0 fully saturated rings. The molecule has 4 rings (SSSR count). The predicted octanol–water partition coefficient (Wildman–Crippen LogP) is 6.13. The van der Waals surface area contributed by atoms with Crippen LogP contribution in [0.1, 0.15) is 15.9 Å². The molecule has 0 saturated carbocycles. The van der Waals surface area contributed by atoms with Crippen molar-refractivity contribution in [2.75, 3.05) is 24.3 Å². The van der Waals surface area contributed by atoms with Gasteiger partial charge in [-0.25, -0.2) is 0 Å². The summed E-state index contributed by atoms with van der Waals surface area (Å²) < 4.78 is 0. The first-order valence-electron chi connectivity index (χ1n) is 9.70. The molecule has 29 heavy (non-hydrogen) atoms. The van der Waals surface area contributed by atoms with Crippen LogP contribution in [-0.2, 0) is 0 Å². The Balaban J connectivity index is 1.64. The van der Waals surface area contributed by atoms with E-state index in [-0.39, 0.29) is 5.91 Å². The molecule has 0 heterocycles. The summed E-state index contributed by atoms with van der Waals surface area (Å²) in [6.07, 6.45) is 0. The Morgan fingerprint density at radius 1 is 0.793 bits per heavy atom. The number of anilines is 2. The summed E-state index contributed by atoms with van der Waals surface area (Å²) in [5.74, 6) is -0.109. The van der Waals surface area contributed by atoms with E-state index in [4.69, 9.17) is 0 Å². The van der Waals surface area contributed by atoms with E-state index in [0.29, 0.717) is 5.56 Å². The molecule has 0 atom stereocenters. The third-order valence-electron chi connectivity index (χ3n) is 5.18. The van der Waals surface area contributed by atoms with Crippen LogP contribution in [-0.4, -0.2) is 20.0 Å². The van der Waals surface area contributed by atoms with Crippen molar-refractivity contribution in [2.24, 2.45) is 0 Å². The number of carbonyl (C=O) groups excluding carboxylic acids is 1. The quantitative estimate of drug-likeness (QED) is 0.462. The van der Waals surface area contributed by atoms with Crippen molar-refractivity contribution in [3.63, 3.8) is 0 Å². The molecular weight excluding hydrogens is 356 g/mol. The molecule has 3 heteroatoms. The van der Waals surface area contributed by atoms with Crippen molar-refractivity contribution >= 4 is 28.1 Å². The molecule has 0 unspecified atom stereocenters. The van der Waals surface area contributed by atoms with Gasteiger partial charge in [-0.15, -0.1) is 0 Å². The highest BCUT2D eigenvalue weighted by Gasteiger charge is 2.10. The van der Waals surface area contributed by atoms with Gasteiger partial charge in [-0.3, -0.25) is 4.79 Å². The summed E-state index contributed by atoms with van der Waals surface area (Å²) in [4.78, 5) is 14.8. The van der Waals surface area contributed by atoms with Crippen molar-refractivity contribution in [3.05, 3.63) is 96.1 Å². The fourth-order valence-corrected chi connectivity index (χ4v) is 3.50. The van der Waals surface area contributed by atoms with Crippen molar-refractivity contribution in [1.29, 1.82) is 0 Å². The second-order valence-electron chi connectivity index (χ2n) is 7.49. The number of rotatable bonds is 4. The maximum atomic E-state index is 12.8. The Morgan fingerprint density at radius 2 is 1.59 bits per heavy atom. The zero-order valence-electron chi connectivity index (χ0n) is 16.9. The molecule has 0 aliphatic heterocycles. The van der Waals surface area contributed by atoms with E-state index >= 15 is 0 Å². The van der Waals surface area contributed by atoms with Gasteiger partial charge < -0.3 is 10.2 Å². The van der Waals surface area contributed by atoms with Gasteiger partial charge in [-0.05, 0) is 70.8 Å². The Hall–Kier alpha value is -3.59. The lowest BCUT2D eigenvalue weighted by Gasteiger charge is -2.14. The third kappa shape index (κ3) is 3.99. The van der Waals surface area contributed by atoms with Crippen LogP contribution < -0.4 is 10.2 Å². The zero-order chi connectivity index (χ0) is 20.4. The number of benzene rings is 4. The van der Waals surface area contributed by atoms with E-state index in [9.17, 15) is 4.79 Å². The first kappa shape index (κ1) is 18.8. The summed E-state index contributed by atoms with van der Waals surface area (Å²) in [5.41, 5.74) is 5.87.